The van der Waals surface area contributed by atoms with Crippen LogP contribution in [0, 0.1) is 19.3 Å². The zero-order valence-electron chi connectivity index (χ0n) is 21.3. The van der Waals surface area contributed by atoms with Gasteiger partial charge < -0.3 is 14.4 Å². The largest absolute Gasteiger partial charge is 0.472 e. The molecule has 4 rings (SSSR count). The third-order valence-electron chi connectivity index (χ3n) is 6.39. The van der Waals surface area contributed by atoms with E-state index in [1.54, 1.807) is 6.20 Å². The Hall–Kier alpha value is -3.83. The van der Waals surface area contributed by atoms with E-state index in [-0.39, 0.29) is 23.9 Å². The molecule has 1 saturated heterocycles. The molecule has 1 fully saturated rings. The van der Waals surface area contributed by atoms with Gasteiger partial charge in [0.25, 0.3) is 0 Å². The van der Waals surface area contributed by atoms with Crippen LogP contribution in [-0.2, 0) is 17.3 Å². The molecule has 8 heteroatoms. The lowest BCUT2D eigenvalue weighted by atomic mass is 9.95. The molecule has 1 aromatic heterocycles. The van der Waals surface area contributed by atoms with Gasteiger partial charge >= 0.3 is 6.18 Å². The number of carbonyl (C=O) groups excluding carboxylic acids is 1. The van der Waals surface area contributed by atoms with Crippen LogP contribution in [-0.4, -0.2) is 43.2 Å². The summed E-state index contributed by atoms with van der Waals surface area (Å²) in [5, 5.41) is 0. The number of anilines is 1. The Morgan fingerprint density at radius 3 is 2.66 bits per heavy atom. The number of ether oxygens (including phenoxy) is 2. The van der Waals surface area contributed by atoms with Gasteiger partial charge in [0.05, 0.1) is 18.8 Å². The number of nitrogens with zero attached hydrogens (tertiary/aromatic N) is 2. The lowest BCUT2D eigenvalue weighted by Gasteiger charge is -2.30. The topological polar surface area (TPSA) is 51.7 Å². The molecule has 1 atom stereocenters. The van der Waals surface area contributed by atoms with Crippen LogP contribution < -0.4 is 9.64 Å². The van der Waals surface area contributed by atoms with E-state index in [0.717, 1.165) is 34.5 Å². The summed E-state index contributed by atoms with van der Waals surface area (Å²) in [5.41, 5.74) is 3.42. The molecular weight excluding hydrogens is 493 g/mol. The van der Waals surface area contributed by atoms with E-state index in [4.69, 9.17) is 15.9 Å². The monoisotopic (exact) mass is 522 g/mol. The molecule has 0 spiro atoms. The quantitative estimate of drug-likeness (QED) is 0.263. The highest BCUT2D eigenvalue weighted by Crippen LogP contribution is 2.35. The minimum atomic E-state index is -4.51. The maximum absolute atomic E-state index is 13.1. The van der Waals surface area contributed by atoms with Gasteiger partial charge in [0, 0.05) is 43.3 Å². The molecule has 1 aliphatic rings. The highest BCUT2D eigenvalue weighted by molar-refractivity contribution is 5.97. The normalized spacial score (nSPS) is 14.6. The van der Waals surface area contributed by atoms with Crippen molar-refractivity contribution in [2.75, 3.05) is 31.2 Å². The number of terminal acetylenes is 1. The van der Waals surface area contributed by atoms with Crippen LogP contribution in [0.3, 0.4) is 0 Å². The SMILES string of the molecule is C#CCC(C)Oc1ncc(-c2cc(CC(=O)c3cccc(C(F)(F)F)c3)ccc2C)cc1N1CCOCC1. The lowest BCUT2D eigenvalue weighted by Crippen LogP contribution is -2.36. The van der Waals surface area contributed by atoms with Crippen molar-refractivity contribution in [3.05, 3.63) is 77.0 Å². The van der Waals surface area contributed by atoms with Crippen LogP contribution in [0.25, 0.3) is 11.1 Å². The Morgan fingerprint density at radius 2 is 1.95 bits per heavy atom. The first-order valence-corrected chi connectivity index (χ1v) is 12.4. The van der Waals surface area contributed by atoms with Crippen molar-refractivity contribution < 1.29 is 27.4 Å². The van der Waals surface area contributed by atoms with Crippen LogP contribution in [0.2, 0.25) is 0 Å². The highest BCUT2D eigenvalue weighted by atomic mass is 19.4. The molecule has 198 valence electrons. The first-order valence-electron chi connectivity index (χ1n) is 12.4. The summed E-state index contributed by atoms with van der Waals surface area (Å²) in [6, 6.07) is 12.1. The third kappa shape index (κ3) is 6.53. The van der Waals surface area contributed by atoms with E-state index >= 15 is 0 Å². The average Bonchev–Trinajstić information content (AvgIpc) is 2.90. The molecule has 5 nitrogen and oxygen atoms in total. The number of morpholine rings is 1. The van der Waals surface area contributed by atoms with Gasteiger partial charge in [-0.3, -0.25) is 4.79 Å². The van der Waals surface area contributed by atoms with E-state index in [1.165, 1.54) is 12.1 Å². The van der Waals surface area contributed by atoms with Crippen LogP contribution in [0.4, 0.5) is 18.9 Å². The summed E-state index contributed by atoms with van der Waals surface area (Å²) < 4.78 is 50.9. The molecule has 38 heavy (non-hydrogen) atoms. The molecule has 0 radical (unpaired) electrons. The number of ketones is 1. The third-order valence-corrected chi connectivity index (χ3v) is 6.39. The van der Waals surface area contributed by atoms with Crippen LogP contribution in [0.1, 0.15) is 40.4 Å². The zero-order chi connectivity index (χ0) is 27.3. The number of Topliss-reactive ketones (excluding diaryl/α,β-unsaturated/α-hetero) is 1. The van der Waals surface area contributed by atoms with Crippen LogP contribution >= 0.6 is 0 Å². The Kier molecular flexibility index (Phi) is 8.38. The van der Waals surface area contributed by atoms with Crippen molar-refractivity contribution >= 4 is 11.5 Å². The van der Waals surface area contributed by atoms with Crippen LogP contribution in [0.5, 0.6) is 5.88 Å². The van der Waals surface area contributed by atoms with Gasteiger partial charge in [-0.1, -0.05) is 30.3 Å². The van der Waals surface area contributed by atoms with Crippen molar-refractivity contribution in [2.45, 2.75) is 39.0 Å². The van der Waals surface area contributed by atoms with Gasteiger partial charge in [0.1, 0.15) is 11.8 Å². The van der Waals surface area contributed by atoms with Crippen molar-refractivity contribution in [3.8, 4) is 29.4 Å². The highest BCUT2D eigenvalue weighted by Gasteiger charge is 2.31. The fraction of sp³-hybridized carbons (Fsp3) is 0.333. The number of carbonyl (C=O) groups is 1. The first kappa shape index (κ1) is 27.2. The fourth-order valence-corrected chi connectivity index (χ4v) is 4.35. The fourth-order valence-electron chi connectivity index (χ4n) is 4.35. The van der Waals surface area contributed by atoms with E-state index in [1.807, 2.05) is 38.1 Å². The molecule has 0 amide bonds. The predicted molar refractivity (Wildman–Crippen MR) is 140 cm³/mol. The standard InChI is InChI=1S/C30H29F3N2O3/c1-4-6-21(3)38-29-27(35-11-13-37-14-12-35)18-24(19-34-29)26-15-22(10-9-20(26)2)16-28(36)23-7-5-8-25(17-23)30(31,32)33/h1,5,7-10,15,17-19,21H,6,11-14,16H2,2-3H3. The number of aromatic nitrogens is 1. The summed E-state index contributed by atoms with van der Waals surface area (Å²) in [5.74, 6) is 2.71. The number of aryl methyl sites for hydroxylation is 1. The number of benzene rings is 2. The molecule has 0 aliphatic carbocycles. The summed E-state index contributed by atoms with van der Waals surface area (Å²) >= 11 is 0. The van der Waals surface area contributed by atoms with Crippen LogP contribution in [0.15, 0.2) is 54.7 Å². The van der Waals surface area contributed by atoms with E-state index in [2.05, 4.69) is 15.8 Å². The van der Waals surface area contributed by atoms with Crippen molar-refractivity contribution in [1.82, 2.24) is 4.98 Å². The minimum Gasteiger partial charge on any atom is -0.472 e. The second-order valence-electron chi connectivity index (χ2n) is 9.31. The van der Waals surface area contributed by atoms with E-state index in [9.17, 15) is 18.0 Å². The Labute approximate surface area is 220 Å². The second-order valence-corrected chi connectivity index (χ2v) is 9.31. The minimum absolute atomic E-state index is 0.0247. The van der Waals surface area contributed by atoms with Gasteiger partial charge in [-0.2, -0.15) is 13.2 Å². The predicted octanol–water partition coefficient (Wildman–Crippen LogP) is 6.13. The van der Waals surface area contributed by atoms with Gasteiger partial charge in [0.15, 0.2) is 5.78 Å². The Balaban J connectivity index is 1.64. The van der Waals surface area contributed by atoms with Gasteiger partial charge in [-0.25, -0.2) is 4.98 Å². The molecule has 0 bridgehead atoms. The first-order chi connectivity index (χ1) is 18.2. The average molecular weight is 523 g/mol. The number of alkyl halides is 3. The summed E-state index contributed by atoms with van der Waals surface area (Å²) in [7, 11) is 0. The number of rotatable bonds is 8. The number of hydrogen-bond acceptors (Lipinski definition) is 5. The Bertz CT molecular complexity index is 1340. The number of halogens is 3. The van der Waals surface area contributed by atoms with Gasteiger partial charge in [-0.05, 0) is 48.7 Å². The molecule has 3 aromatic rings. The van der Waals surface area contributed by atoms with Crippen molar-refractivity contribution in [1.29, 1.82) is 0 Å². The van der Waals surface area contributed by atoms with Gasteiger partial charge in [0.2, 0.25) is 5.88 Å². The summed E-state index contributed by atoms with van der Waals surface area (Å²) in [6.45, 7) is 6.42. The lowest BCUT2D eigenvalue weighted by molar-refractivity contribution is -0.137. The van der Waals surface area contributed by atoms with E-state index < -0.39 is 11.7 Å². The smallest absolute Gasteiger partial charge is 0.416 e. The number of hydrogen-bond donors (Lipinski definition) is 0. The molecular formula is C30H29F3N2O3. The maximum atomic E-state index is 13.1. The van der Waals surface area contributed by atoms with Crippen molar-refractivity contribution in [2.24, 2.45) is 0 Å². The molecule has 1 aliphatic heterocycles. The Morgan fingerprint density at radius 1 is 1.18 bits per heavy atom. The molecule has 2 aromatic carbocycles. The van der Waals surface area contributed by atoms with Crippen molar-refractivity contribution in [3.63, 3.8) is 0 Å². The van der Waals surface area contributed by atoms with Gasteiger partial charge in [-0.15, -0.1) is 12.3 Å². The second kappa shape index (κ2) is 11.7. The zero-order valence-corrected chi connectivity index (χ0v) is 21.3. The molecule has 0 N–H and O–H groups in total. The molecule has 2 heterocycles. The number of pyridine rings is 1. The van der Waals surface area contributed by atoms with E-state index in [0.29, 0.717) is 44.2 Å². The maximum Gasteiger partial charge on any atom is 0.416 e. The molecule has 0 saturated carbocycles. The summed E-state index contributed by atoms with van der Waals surface area (Å²) in [4.78, 5) is 19.6. The molecule has 1 unspecified atom stereocenters. The summed E-state index contributed by atoms with van der Waals surface area (Å²) in [6.07, 6.45) is 2.88.